The number of aliphatic hydroxyl groups is 1. The smallest absolute Gasteiger partial charge is 0.313 e. The summed E-state index contributed by atoms with van der Waals surface area (Å²) in [6.45, 7) is 4.21. The van der Waals surface area contributed by atoms with Crippen molar-refractivity contribution in [1.82, 2.24) is 5.32 Å². The van der Waals surface area contributed by atoms with Crippen LogP contribution in [0.2, 0.25) is 0 Å². The molecule has 1 fully saturated rings. The van der Waals surface area contributed by atoms with Gasteiger partial charge in [-0.05, 0) is 43.9 Å². The molecular formula is C17H24N2O3. The van der Waals surface area contributed by atoms with Crippen molar-refractivity contribution in [3.05, 3.63) is 29.3 Å². The van der Waals surface area contributed by atoms with Gasteiger partial charge in [-0.25, -0.2) is 0 Å². The number of hydrogen-bond acceptors (Lipinski definition) is 3. The first-order valence-electron chi connectivity index (χ1n) is 7.82. The zero-order chi connectivity index (χ0) is 16.1. The van der Waals surface area contributed by atoms with Crippen LogP contribution >= 0.6 is 0 Å². The number of carbonyl (C=O) groups excluding carboxylic acids is 2. The topological polar surface area (TPSA) is 78.4 Å². The summed E-state index contributed by atoms with van der Waals surface area (Å²) >= 11 is 0. The summed E-state index contributed by atoms with van der Waals surface area (Å²) in [7, 11) is 0. The molecular weight excluding hydrogens is 280 g/mol. The van der Waals surface area contributed by atoms with Gasteiger partial charge in [-0.2, -0.15) is 0 Å². The Morgan fingerprint density at radius 1 is 1.18 bits per heavy atom. The lowest BCUT2D eigenvalue weighted by molar-refractivity contribution is -0.136. The van der Waals surface area contributed by atoms with Crippen LogP contribution in [0.5, 0.6) is 0 Å². The molecule has 0 saturated heterocycles. The fourth-order valence-electron chi connectivity index (χ4n) is 2.80. The Hall–Kier alpha value is -1.88. The molecule has 5 nitrogen and oxygen atoms in total. The van der Waals surface area contributed by atoms with Gasteiger partial charge in [-0.3, -0.25) is 9.59 Å². The number of aryl methyl sites for hydroxylation is 1. The van der Waals surface area contributed by atoms with Crippen molar-refractivity contribution in [1.29, 1.82) is 0 Å². The monoisotopic (exact) mass is 304 g/mol. The molecule has 1 aromatic rings. The largest absolute Gasteiger partial charge is 0.393 e. The van der Waals surface area contributed by atoms with Crippen LogP contribution in [0.4, 0.5) is 5.69 Å². The second-order valence-corrected chi connectivity index (χ2v) is 6.02. The minimum atomic E-state index is -0.668. The standard InChI is InChI=1S/C17H24N2O3/c1-11-6-5-8-14(12(11)2)19-17(22)16(21)18-10-13-7-3-4-9-15(13)20/h5-6,8,13,15,20H,3-4,7,9-10H2,1-2H3,(H,18,21)(H,19,22)/t13-,15-/m0/s1. The lowest BCUT2D eigenvalue weighted by Gasteiger charge is -2.27. The van der Waals surface area contributed by atoms with E-state index in [1.807, 2.05) is 26.0 Å². The van der Waals surface area contributed by atoms with Gasteiger partial charge in [0.15, 0.2) is 0 Å². The highest BCUT2D eigenvalue weighted by atomic mass is 16.3. The molecule has 0 aliphatic heterocycles. The molecule has 0 bridgehead atoms. The zero-order valence-corrected chi connectivity index (χ0v) is 13.2. The maximum atomic E-state index is 11.9. The molecule has 120 valence electrons. The summed E-state index contributed by atoms with van der Waals surface area (Å²) in [6.07, 6.45) is 3.37. The van der Waals surface area contributed by atoms with Gasteiger partial charge < -0.3 is 15.7 Å². The van der Waals surface area contributed by atoms with Crippen molar-refractivity contribution in [2.75, 3.05) is 11.9 Å². The van der Waals surface area contributed by atoms with Crippen LogP contribution in [0.15, 0.2) is 18.2 Å². The lowest BCUT2D eigenvalue weighted by Crippen LogP contribution is -2.41. The van der Waals surface area contributed by atoms with E-state index in [1.165, 1.54) is 0 Å². The molecule has 1 aliphatic rings. The number of carbonyl (C=O) groups is 2. The number of rotatable bonds is 3. The molecule has 1 aliphatic carbocycles. The van der Waals surface area contributed by atoms with Crippen LogP contribution in [-0.4, -0.2) is 29.6 Å². The Bertz CT molecular complexity index is 557. The zero-order valence-electron chi connectivity index (χ0n) is 13.2. The fourth-order valence-corrected chi connectivity index (χ4v) is 2.80. The first kappa shape index (κ1) is 16.5. The summed E-state index contributed by atoms with van der Waals surface area (Å²) in [5, 5.41) is 15.1. The minimum Gasteiger partial charge on any atom is -0.393 e. The van der Waals surface area contributed by atoms with Crippen LogP contribution in [-0.2, 0) is 9.59 Å². The van der Waals surface area contributed by atoms with E-state index in [0.717, 1.165) is 36.8 Å². The highest BCUT2D eigenvalue weighted by Gasteiger charge is 2.24. The number of aliphatic hydroxyl groups excluding tert-OH is 1. The Labute approximate surface area is 131 Å². The van der Waals surface area contributed by atoms with Crippen LogP contribution in [0.25, 0.3) is 0 Å². The molecule has 1 saturated carbocycles. The molecule has 3 N–H and O–H groups in total. The van der Waals surface area contributed by atoms with Crippen molar-refractivity contribution in [2.45, 2.75) is 45.6 Å². The van der Waals surface area contributed by atoms with E-state index in [4.69, 9.17) is 0 Å². The van der Waals surface area contributed by atoms with E-state index in [1.54, 1.807) is 6.07 Å². The fraction of sp³-hybridized carbons (Fsp3) is 0.529. The Kier molecular flexibility index (Phi) is 5.55. The van der Waals surface area contributed by atoms with Crippen molar-refractivity contribution in [3.8, 4) is 0 Å². The molecule has 0 spiro atoms. The Morgan fingerprint density at radius 3 is 2.64 bits per heavy atom. The summed E-state index contributed by atoms with van der Waals surface area (Å²) in [4.78, 5) is 23.8. The number of benzene rings is 1. The van der Waals surface area contributed by atoms with E-state index in [0.29, 0.717) is 12.2 Å². The van der Waals surface area contributed by atoms with Crippen molar-refractivity contribution in [2.24, 2.45) is 5.92 Å². The number of amides is 2. The van der Waals surface area contributed by atoms with Gasteiger partial charge in [0.1, 0.15) is 0 Å². The van der Waals surface area contributed by atoms with Gasteiger partial charge in [0.05, 0.1) is 6.10 Å². The summed E-state index contributed by atoms with van der Waals surface area (Å²) in [5.74, 6) is -1.27. The van der Waals surface area contributed by atoms with Crippen LogP contribution in [0, 0.1) is 19.8 Å². The summed E-state index contributed by atoms with van der Waals surface area (Å²) in [6, 6.07) is 5.57. The molecule has 1 aromatic carbocycles. The molecule has 2 amide bonds. The first-order valence-corrected chi connectivity index (χ1v) is 7.82. The maximum absolute atomic E-state index is 11.9. The van der Waals surface area contributed by atoms with Crippen molar-refractivity contribution < 1.29 is 14.7 Å². The van der Waals surface area contributed by atoms with E-state index in [2.05, 4.69) is 10.6 Å². The van der Waals surface area contributed by atoms with Gasteiger partial charge in [-0.15, -0.1) is 0 Å². The van der Waals surface area contributed by atoms with Crippen LogP contribution in [0.1, 0.15) is 36.8 Å². The van der Waals surface area contributed by atoms with Gasteiger partial charge in [0.25, 0.3) is 0 Å². The highest BCUT2D eigenvalue weighted by molar-refractivity contribution is 6.39. The second kappa shape index (κ2) is 7.40. The minimum absolute atomic E-state index is 0.0474. The third-order valence-electron chi connectivity index (χ3n) is 4.45. The Morgan fingerprint density at radius 2 is 1.91 bits per heavy atom. The maximum Gasteiger partial charge on any atom is 0.313 e. The van der Waals surface area contributed by atoms with Crippen molar-refractivity contribution >= 4 is 17.5 Å². The average Bonchev–Trinajstić information content (AvgIpc) is 2.50. The molecule has 2 atom stereocenters. The number of anilines is 1. The predicted molar refractivity (Wildman–Crippen MR) is 85.5 cm³/mol. The highest BCUT2D eigenvalue weighted by Crippen LogP contribution is 2.23. The third kappa shape index (κ3) is 4.07. The van der Waals surface area contributed by atoms with E-state index < -0.39 is 11.8 Å². The average molecular weight is 304 g/mol. The third-order valence-corrected chi connectivity index (χ3v) is 4.45. The normalized spacial score (nSPS) is 21.2. The SMILES string of the molecule is Cc1cccc(NC(=O)C(=O)NC[C@@H]2CCCC[C@@H]2O)c1C. The van der Waals surface area contributed by atoms with Crippen molar-refractivity contribution in [3.63, 3.8) is 0 Å². The summed E-state index contributed by atoms with van der Waals surface area (Å²) < 4.78 is 0. The molecule has 22 heavy (non-hydrogen) atoms. The molecule has 0 radical (unpaired) electrons. The quantitative estimate of drug-likeness (QED) is 0.746. The molecule has 0 unspecified atom stereocenters. The number of nitrogens with one attached hydrogen (secondary N) is 2. The molecule has 0 aromatic heterocycles. The van der Waals surface area contributed by atoms with Crippen LogP contribution in [0.3, 0.4) is 0 Å². The summed E-state index contributed by atoms with van der Waals surface area (Å²) in [5.41, 5.74) is 2.66. The number of hydrogen-bond donors (Lipinski definition) is 3. The second-order valence-electron chi connectivity index (χ2n) is 6.02. The lowest BCUT2D eigenvalue weighted by atomic mass is 9.86. The van der Waals surface area contributed by atoms with E-state index in [9.17, 15) is 14.7 Å². The first-order chi connectivity index (χ1) is 10.5. The Balaban J connectivity index is 1.87. The van der Waals surface area contributed by atoms with Crippen LogP contribution < -0.4 is 10.6 Å². The van der Waals surface area contributed by atoms with Gasteiger partial charge >= 0.3 is 11.8 Å². The van der Waals surface area contributed by atoms with E-state index in [-0.39, 0.29) is 12.0 Å². The predicted octanol–water partition coefficient (Wildman–Crippen LogP) is 1.91. The van der Waals surface area contributed by atoms with E-state index >= 15 is 0 Å². The van der Waals surface area contributed by atoms with Gasteiger partial charge in [0.2, 0.25) is 0 Å². The molecule has 2 rings (SSSR count). The van der Waals surface area contributed by atoms with Gasteiger partial charge in [0, 0.05) is 18.2 Å². The molecule has 0 heterocycles. The van der Waals surface area contributed by atoms with Gasteiger partial charge in [-0.1, -0.05) is 25.0 Å². The molecule has 5 heteroatoms.